The van der Waals surface area contributed by atoms with E-state index in [1.165, 1.54) is 4.90 Å². The number of amides is 3. The maximum Gasteiger partial charge on any atom is 0.410 e. The third-order valence-electron chi connectivity index (χ3n) is 8.73. The number of hydrogen-bond acceptors (Lipinski definition) is 7. The second-order valence-corrected chi connectivity index (χ2v) is 12.5. The summed E-state index contributed by atoms with van der Waals surface area (Å²) in [6.07, 6.45) is 1.34. The maximum absolute atomic E-state index is 14.0. The number of anilines is 1. The van der Waals surface area contributed by atoms with E-state index in [1.54, 1.807) is 50.4 Å². The van der Waals surface area contributed by atoms with Gasteiger partial charge in [-0.1, -0.05) is 38.1 Å². The first-order valence-electron chi connectivity index (χ1n) is 15.9. The quantitative estimate of drug-likeness (QED) is 0.155. The van der Waals surface area contributed by atoms with Crippen LogP contribution in [0.3, 0.4) is 0 Å². The molecular formula is C36H43N7O4. The summed E-state index contributed by atoms with van der Waals surface area (Å²) in [6.45, 7) is 7.74. The highest BCUT2D eigenvalue weighted by atomic mass is 16.6. The number of imidazole rings is 1. The Balaban J connectivity index is 1.32. The average molecular weight is 638 g/mol. The van der Waals surface area contributed by atoms with E-state index in [-0.39, 0.29) is 30.2 Å². The van der Waals surface area contributed by atoms with Gasteiger partial charge >= 0.3 is 6.09 Å². The van der Waals surface area contributed by atoms with Gasteiger partial charge in [0.25, 0.3) is 11.8 Å². The molecule has 1 fully saturated rings. The molecule has 47 heavy (non-hydrogen) atoms. The van der Waals surface area contributed by atoms with Gasteiger partial charge in [-0.25, -0.2) is 9.78 Å². The molecule has 1 atom stereocenters. The van der Waals surface area contributed by atoms with E-state index in [0.717, 1.165) is 29.9 Å². The minimum absolute atomic E-state index is 0.0191. The first kappa shape index (κ1) is 33.2. The number of rotatable bonds is 10. The molecule has 1 aliphatic rings. The van der Waals surface area contributed by atoms with Crippen LogP contribution in [0, 0.1) is 11.3 Å². The number of nitrogens with one attached hydrogen (secondary N) is 3. The van der Waals surface area contributed by atoms with Crippen LogP contribution in [0.2, 0.25) is 0 Å². The van der Waals surface area contributed by atoms with E-state index in [1.807, 2.05) is 66.8 Å². The number of hydrogen-bond donors (Lipinski definition) is 3. The maximum atomic E-state index is 14.0. The lowest BCUT2D eigenvalue weighted by atomic mass is 9.88. The molecule has 11 nitrogen and oxygen atoms in total. The van der Waals surface area contributed by atoms with E-state index < -0.39 is 11.6 Å². The number of benzene rings is 3. The minimum Gasteiger partial charge on any atom is -0.449 e. The number of ether oxygens (including phenoxy) is 1. The monoisotopic (exact) mass is 637 g/mol. The Morgan fingerprint density at radius 1 is 1.00 bits per heavy atom. The Morgan fingerprint density at radius 2 is 1.68 bits per heavy atom. The Morgan fingerprint density at radius 3 is 2.34 bits per heavy atom. The number of likely N-dealkylation sites (tertiary alicyclic amines) is 1. The lowest BCUT2D eigenvalue weighted by Gasteiger charge is -2.39. The van der Waals surface area contributed by atoms with Crippen molar-refractivity contribution in [3.05, 3.63) is 95.3 Å². The second kappa shape index (κ2) is 14.1. The van der Waals surface area contributed by atoms with Crippen molar-refractivity contribution in [3.63, 3.8) is 0 Å². The SMILES string of the molecule is CC(C)COC(=O)N(C)[C@@](C)(C(=O)N1CCCC1)c1ccc2c(c1)nc(CNc1ccc(C(=N)NC(=O)c3ccccc3)cc1)n2C. The molecule has 0 spiro atoms. The van der Waals surface area contributed by atoms with Gasteiger partial charge in [0.15, 0.2) is 0 Å². The molecule has 1 saturated heterocycles. The molecule has 3 amide bonds. The van der Waals surface area contributed by atoms with Crippen molar-refractivity contribution in [1.82, 2.24) is 24.7 Å². The number of aromatic nitrogens is 2. The lowest BCUT2D eigenvalue weighted by molar-refractivity contribution is -0.141. The van der Waals surface area contributed by atoms with Crippen molar-refractivity contribution < 1.29 is 19.1 Å². The van der Waals surface area contributed by atoms with Gasteiger partial charge in [0.1, 0.15) is 17.2 Å². The molecule has 0 radical (unpaired) electrons. The fourth-order valence-corrected chi connectivity index (χ4v) is 5.70. The average Bonchev–Trinajstić information content (AvgIpc) is 3.73. The third kappa shape index (κ3) is 7.14. The molecule has 0 bridgehead atoms. The van der Waals surface area contributed by atoms with Gasteiger partial charge in [-0.15, -0.1) is 0 Å². The molecule has 0 unspecified atom stereocenters. The molecule has 11 heteroatoms. The second-order valence-electron chi connectivity index (χ2n) is 12.5. The van der Waals surface area contributed by atoms with E-state index in [4.69, 9.17) is 15.1 Å². The van der Waals surface area contributed by atoms with Gasteiger partial charge in [0.2, 0.25) is 0 Å². The Bertz CT molecular complexity index is 1760. The van der Waals surface area contributed by atoms with Gasteiger partial charge in [0, 0.05) is 44.0 Å². The third-order valence-corrected chi connectivity index (χ3v) is 8.73. The first-order valence-corrected chi connectivity index (χ1v) is 15.9. The molecule has 5 rings (SSSR count). The van der Waals surface area contributed by atoms with E-state index in [0.29, 0.717) is 41.8 Å². The predicted octanol–water partition coefficient (Wildman–Crippen LogP) is 5.50. The highest BCUT2D eigenvalue weighted by molar-refractivity contribution is 6.11. The number of fused-ring (bicyclic) bond motifs is 1. The lowest BCUT2D eigenvalue weighted by Crippen LogP contribution is -2.55. The van der Waals surface area contributed by atoms with Crippen LogP contribution in [0.15, 0.2) is 72.8 Å². The highest BCUT2D eigenvalue weighted by Crippen LogP contribution is 2.34. The van der Waals surface area contributed by atoms with E-state index in [2.05, 4.69) is 10.6 Å². The summed E-state index contributed by atoms with van der Waals surface area (Å²) < 4.78 is 7.54. The first-order chi connectivity index (χ1) is 22.5. The highest BCUT2D eigenvalue weighted by Gasteiger charge is 2.46. The smallest absolute Gasteiger partial charge is 0.410 e. The van der Waals surface area contributed by atoms with Crippen LogP contribution < -0.4 is 10.6 Å². The largest absolute Gasteiger partial charge is 0.449 e. The zero-order valence-corrected chi connectivity index (χ0v) is 27.7. The fraction of sp³-hybridized carbons (Fsp3) is 0.361. The van der Waals surface area contributed by atoms with Gasteiger partial charge < -0.3 is 24.8 Å². The molecule has 246 valence electrons. The van der Waals surface area contributed by atoms with Crippen LogP contribution in [0.4, 0.5) is 10.5 Å². The zero-order chi connectivity index (χ0) is 33.7. The summed E-state index contributed by atoms with van der Waals surface area (Å²) in [5, 5.41) is 14.3. The minimum atomic E-state index is -1.28. The summed E-state index contributed by atoms with van der Waals surface area (Å²) in [5.41, 5.74) is 2.89. The van der Waals surface area contributed by atoms with Crippen LogP contribution in [-0.2, 0) is 28.7 Å². The Labute approximate surface area is 275 Å². The van der Waals surface area contributed by atoms with Crippen molar-refractivity contribution in [2.45, 2.75) is 45.7 Å². The van der Waals surface area contributed by atoms with Gasteiger partial charge in [-0.3, -0.25) is 19.9 Å². The van der Waals surface area contributed by atoms with Crippen LogP contribution in [0.1, 0.15) is 60.9 Å². The topological polar surface area (TPSA) is 133 Å². The van der Waals surface area contributed by atoms with Crippen molar-refractivity contribution >= 4 is 40.5 Å². The van der Waals surface area contributed by atoms with Gasteiger partial charge in [0.05, 0.1) is 24.2 Å². The van der Waals surface area contributed by atoms with E-state index in [9.17, 15) is 14.4 Å². The molecular weight excluding hydrogens is 594 g/mol. The van der Waals surface area contributed by atoms with Crippen molar-refractivity contribution in [2.75, 3.05) is 32.1 Å². The predicted molar refractivity (Wildman–Crippen MR) is 182 cm³/mol. The standard InChI is InChI=1S/C36H43N7O4/c1-24(2)23-47-35(46)42(5)36(3,34(45)43-19-9-10-20-43)27-15-18-30-29(21-27)39-31(41(30)4)22-38-28-16-13-25(14-17-28)32(37)40-33(44)26-11-7-6-8-12-26/h6-8,11-18,21,24,38H,9-10,19-20,22-23H2,1-5H3,(H2,37,40,44)/t36-/m1/s1. The fourth-order valence-electron chi connectivity index (χ4n) is 5.70. The molecule has 1 aromatic heterocycles. The van der Waals surface area contributed by atoms with Crippen LogP contribution in [-0.4, -0.2) is 69.8 Å². The number of amidine groups is 1. The summed E-state index contributed by atoms with van der Waals surface area (Å²) in [5.74, 6) is 0.504. The summed E-state index contributed by atoms with van der Waals surface area (Å²) in [6, 6.07) is 21.8. The molecule has 4 aromatic rings. The normalized spacial score (nSPS) is 14.1. The number of carbonyl (C=O) groups excluding carboxylic acids is 3. The Hall–Kier alpha value is -5.19. The van der Waals surface area contributed by atoms with Gasteiger partial charge in [-0.2, -0.15) is 0 Å². The molecule has 3 aromatic carbocycles. The number of likely N-dealkylation sites (N-methyl/N-ethyl adjacent to an activating group) is 1. The van der Waals surface area contributed by atoms with Crippen LogP contribution in [0.25, 0.3) is 11.0 Å². The van der Waals surface area contributed by atoms with Crippen molar-refractivity contribution in [3.8, 4) is 0 Å². The van der Waals surface area contributed by atoms with Crippen molar-refractivity contribution in [1.29, 1.82) is 5.41 Å². The number of carbonyl (C=O) groups is 3. The molecule has 1 aliphatic heterocycles. The zero-order valence-electron chi connectivity index (χ0n) is 27.7. The van der Waals surface area contributed by atoms with Crippen LogP contribution in [0.5, 0.6) is 0 Å². The summed E-state index contributed by atoms with van der Waals surface area (Å²) >= 11 is 0. The van der Waals surface area contributed by atoms with Crippen molar-refractivity contribution in [2.24, 2.45) is 13.0 Å². The molecule has 3 N–H and O–H groups in total. The van der Waals surface area contributed by atoms with Gasteiger partial charge in [-0.05, 0) is 79.8 Å². The summed E-state index contributed by atoms with van der Waals surface area (Å²) in [7, 11) is 3.56. The van der Waals surface area contributed by atoms with E-state index >= 15 is 0 Å². The Kier molecular flexibility index (Phi) is 9.93. The molecule has 0 saturated carbocycles. The van der Waals surface area contributed by atoms with Crippen LogP contribution >= 0.6 is 0 Å². The molecule has 2 heterocycles. The number of nitrogens with zero attached hydrogens (tertiary/aromatic N) is 4. The number of aryl methyl sites for hydroxylation is 1. The molecule has 0 aliphatic carbocycles. The summed E-state index contributed by atoms with van der Waals surface area (Å²) in [4.78, 5) is 47.7.